The van der Waals surface area contributed by atoms with Crippen LogP contribution in [0.4, 0.5) is 0 Å². The van der Waals surface area contributed by atoms with Gasteiger partial charge in [0.15, 0.2) is 6.61 Å². The summed E-state index contributed by atoms with van der Waals surface area (Å²) in [5, 5.41) is 15.3. The van der Waals surface area contributed by atoms with E-state index in [0.29, 0.717) is 11.9 Å². The van der Waals surface area contributed by atoms with Crippen molar-refractivity contribution in [3.05, 3.63) is 32.5 Å². The molecule has 0 bridgehead atoms. The number of hydrogen-bond acceptors (Lipinski definition) is 5. The summed E-state index contributed by atoms with van der Waals surface area (Å²) >= 11 is 7.11. The lowest BCUT2D eigenvalue weighted by Gasteiger charge is -2.11. The summed E-state index contributed by atoms with van der Waals surface area (Å²) in [5.41, 5.74) is 1.21. The maximum Gasteiger partial charge on any atom is 0.212 e. The van der Waals surface area contributed by atoms with Crippen LogP contribution in [0.15, 0.2) is 21.1 Å². The minimum atomic E-state index is 0.282. The van der Waals surface area contributed by atoms with Gasteiger partial charge in [-0.15, -0.1) is 10.2 Å². The fraction of sp³-hybridized carbons (Fsp3) is 0.462. The molecule has 0 radical (unpaired) electrons. The van der Waals surface area contributed by atoms with Crippen LogP contribution < -0.4 is 10.1 Å². The predicted molar refractivity (Wildman–Crippen MR) is 84.8 cm³/mol. The molecule has 0 spiro atoms. The van der Waals surface area contributed by atoms with Crippen LogP contribution in [0.1, 0.15) is 24.2 Å². The Kier molecular flexibility index (Phi) is 4.56. The monoisotopic (exact) mass is 415 g/mol. The van der Waals surface area contributed by atoms with E-state index in [9.17, 15) is 0 Å². The van der Waals surface area contributed by atoms with Gasteiger partial charge in [0.1, 0.15) is 5.75 Å². The van der Waals surface area contributed by atoms with E-state index >= 15 is 0 Å². The summed E-state index contributed by atoms with van der Waals surface area (Å²) in [4.78, 5) is 1.41. The van der Waals surface area contributed by atoms with Crippen molar-refractivity contribution in [2.45, 2.75) is 32.0 Å². The Hall–Kier alpha value is -0.990. The van der Waals surface area contributed by atoms with E-state index in [1.54, 1.807) is 7.05 Å². The highest BCUT2D eigenvalue weighted by Crippen LogP contribution is 2.35. The molecule has 1 fully saturated rings. The lowest BCUT2D eigenvalue weighted by Crippen LogP contribution is -2.15. The summed E-state index contributed by atoms with van der Waals surface area (Å²) in [6, 6.07) is 4.83. The first-order chi connectivity index (χ1) is 10.1. The standard InChI is InChI=1S/C13H15Br2N5O/c1-20-18-12(17-19-20)7-21-13-10(14)4-8(5-11(13)15)6-16-9-2-3-9/h4-5,9,16H,2-3,6-7H2,1H3. The fourth-order valence-corrected chi connectivity index (χ4v) is 3.43. The lowest BCUT2D eigenvalue weighted by atomic mass is 10.2. The van der Waals surface area contributed by atoms with Crippen LogP contribution in [0, 0.1) is 0 Å². The van der Waals surface area contributed by atoms with Crippen LogP contribution in [0.25, 0.3) is 0 Å². The third-order valence-electron chi connectivity index (χ3n) is 3.13. The molecule has 6 nitrogen and oxygen atoms in total. The SMILES string of the molecule is Cn1nnc(COc2c(Br)cc(CNC3CC3)cc2Br)n1. The molecule has 1 heterocycles. The molecule has 1 aliphatic rings. The average Bonchev–Trinajstić information content (AvgIpc) is 3.17. The van der Waals surface area contributed by atoms with Gasteiger partial charge in [0.25, 0.3) is 0 Å². The van der Waals surface area contributed by atoms with Crippen molar-refractivity contribution in [3.63, 3.8) is 0 Å². The minimum absolute atomic E-state index is 0.282. The number of hydrogen-bond donors (Lipinski definition) is 1. The fourth-order valence-electron chi connectivity index (χ4n) is 1.92. The predicted octanol–water partition coefficient (Wildman–Crippen LogP) is 2.57. The van der Waals surface area contributed by atoms with Gasteiger partial charge in [-0.05, 0) is 67.6 Å². The Labute approximate surface area is 139 Å². The third kappa shape index (κ3) is 4.02. The first-order valence-electron chi connectivity index (χ1n) is 6.69. The maximum atomic E-state index is 5.77. The van der Waals surface area contributed by atoms with Crippen molar-refractivity contribution >= 4 is 31.9 Å². The van der Waals surface area contributed by atoms with E-state index in [4.69, 9.17) is 4.74 Å². The van der Waals surface area contributed by atoms with Gasteiger partial charge < -0.3 is 10.1 Å². The molecule has 21 heavy (non-hydrogen) atoms. The Morgan fingerprint density at radius 1 is 1.33 bits per heavy atom. The molecule has 1 aliphatic carbocycles. The number of tetrazole rings is 1. The van der Waals surface area contributed by atoms with Crippen LogP contribution in [0.3, 0.4) is 0 Å². The Balaban J connectivity index is 1.66. The van der Waals surface area contributed by atoms with Gasteiger partial charge in [-0.2, -0.15) is 4.80 Å². The normalized spacial score (nSPS) is 14.4. The molecule has 1 aromatic carbocycles. The van der Waals surface area contributed by atoms with Gasteiger partial charge in [0, 0.05) is 12.6 Å². The number of ether oxygens (including phenoxy) is 1. The Morgan fingerprint density at radius 3 is 2.62 bits per heavy atom. The molecule has 8 heteroatoms. The molecule has 3 rings (SSSR count). The summed E-state index contributed by atoms with van der Waals surface area (Å²) in [5.74, 6) is 1.30. The largest absolute Gasteiger partial charge is 0.483 e. The van der Waals surface area contributed by atoms with Crippen molar-refractivity contribution in [1.82, 2.24) is 25.5 Å². The molecule has 0 unspecified atom stereocenters. The van der Waals surface area contributed by atoms with E-state index < -0.39 is 0 Å². The van der Waals surface area contributed by atoms with Crippen LogP contribution >= 0.6 is 31.9 Å². The average molecular weight is 417 g/mol. The number of nitrogens with one attached hydrogen (secondary N) is 1. The quantitative estimate of drug-likeness (QED) is 0.783. The van der Waals surface area contributed by atoms with Crippen molar-refractivity contribution in [1.29, 1.82) is 0 Å². The zero-order chi connectivity index (χ0) is 14.8. The number of nitrogens with zero attached hydrogens (tertiary/aromatic N) is 4. The molecule has 2 aromatic rings. The van der Waals surface area contributed by atoms with Crippen molar-refractivity contribution < 1.29 is 4.74 Å². The van der Waals surface area contributed by atoms with E-state index in [1.165, 1.54) is 23.2 Å². The van der Waals surface area contributed by atoms with E-state index in [0.717, 1.165) is 21.2 Å². The second kappa shape index (κ2) is 6.41. The van der Waals surface area contributed by atoms with E-state index in [2.05, 4.69) is 64.7 Å². The molecule has 0 aliphatic heterocycles. The first-order valence-corrected chi connectivity index (χ1v) is 8.27. The lowest BCUT2D eigenvalue weighted by molar-refractivity contribution is 0.291. The van der Waals surface area contributed by atoms with Crippen LogP contribution in [0.5, 0.6) is 5.75 Å². The number of aryl methyl sites for hydroxylation is 1. The molecule has 0 saturated heterocycles. The molecular formula is C13H15Br2N5O. The highest BCUT2D eigenvalue weighted by Gasteiger charge is 2.20. The summed E-state index contributed by atoms with van der Waals surface area (Å²) in [6.07, 6.45) is 2.57. The van der Waals surface area contributed by atoms with Crippen LogP contribution in [-0.2, 0) is 20.2 Å². The summed E-state index contributed by atoms with van der Waals surface area (Å²) in [6.45, 7) is 1.15. The number of aromatic nitrogens is 4. The van der Waals surface area contributed by atoms with Gasteiger partial charge in [0.05, 0.1) is 16.0 Å². The zero-order valence-corrected chi connectivity index (χ0v) is 14.7. The van der Waals surface area contributed by atoms with Gasteiger partial charge >= 0.3 is 0 Å². The Morgan fingerprint density at radius 2 is 2.05 bits per heavy atom. The molecule has 1 aromatic heterocycles. The topological polar surface area (TPSA) is 64.9 Å². The molecule has 1 N–H and O–H groups in total. The second-order valence-corrected chi connectivity index (χ2v) is 6.74. The summed E-state index contributed by atoms with van der Waals surface area (Å²) in [7, 11) is 1.73. The van der Waals surface area contributed by atoms with Crippen LogP contribution in [-0.4, -0.2) is 26.2 Å². The number of halogens is 2. The van der Waals surface area contributed by atoms with Crippen molar-refractivity contribution in [2.24, 2.45) is 7.05 Å². The zero-order valence-electron chi connectivity index (χ0n) is 11.5. The van der Waals surface area contributed by atoms with Gasteiger partial charge in [0.2, 0.25) is 5.82 Å². The third-order valence-corrected chi connectivity index (χ3v) is 4.30. The molecule has 1 saturated carbocycles. The number of rotatable bonds is 6. The van der Waals surface area contributed by atoms with Crippen molar-refractivity contribution in [2.75, 3.05) is 0 Å². The van der Waals surface area contributed by atoms with E-state index in [1.807, 2.05) is 0 Å². The molecule has 0 amide bonds. The molecule has 0 atom stereocenters. The van der Waals surface area contributed by atoms with Gasteiger partial charge in [-0.3, -0.25) is 0 Å². The van der Waals surface area contributed by atoms with Crippen molar-refractivity contribution in [3.8, 4) is 5.75 Å². The smallest absolute Gasteiger partial charge is 0.212 e. The first kappa shape index (κ1) is 14.9. The van der Waals surface area contributed by atoms with E-state index in [-0.39, 0.29) is 6.61 Å². The second-order valence-electron chi connectivity index (χ2n) is 5.03. The van der Waals surface area contributed by atoms with Gasteiger partial charge in [-0.25, -0.2) is 0 Å². The summed E-state index contributed by atoms with van der Waals surface area (Å²) < 4.78 is 7.59. The van der Waals surface area contributed by atoms with Gasteiger partial charge in [-0.1, -0.05) is 0 Å². The highest BCUT2D eigenvalue weighted by atomic mass is 79.9. The van der Waals surface area contributed by atoms with Crippen LogP contribution in [0.2, 0.25) is 0 Å². The highest BCUT2D eigenvalue weighted by molar-refractivity contribution is 9.11. The minimum Gasteiger partial charge on any atom is -0.483 e. The Bertz CT molecular complexity index is 618. The molecule has 112 valence electrons. The maximum absolute atomic E-state index is 5.77. The number of benzene rings is 1. The molecular weight excluding hydrogens is 402 g/mol.